The summed E-state index contributed by atoms with van der Waals surface area (Å²) in [4.78, 5) is 10.8. The minimum Gasteiger partial charge on any atom is -0.356 e. The van der Waals surface area contributed by atoms with Crippen molar-refractivity contribution >= 4 is 16.9 Å². The van der Waals surface area contributed by atoms with E-state index >= 15 is 0 Å². The van der Waals surface area contributed by atoms with Gasteiger partial charge in [0.1, 0.15) is 17.5 Å². The van der Waals surface area contributed by atoms with E-state index in [9.17, 15) is 0 Å². The topological polar surface area (TPSA) is 81.1 Å². The smallest absolute Gasteiger partial charge is 0.263 e. The lowest BCUT2D eigenvalue weighted by molar-refractivity contribution is 0.442. The third-order valence-electron chi connectivity index (χ3n) is 4.18. The van der Waals surface area contributed by atoms with Gasteiger partial charge in [0, 0.05) is 13.1 Å². The van der Waals surface area contributed by atoms with Crippen molar-refractivity contribution in [2.24, 2.45) is 11.7 Å². The van der Waals surface area contributed by atoms with Crippen molar-refractivity contribution in [2.45, 2.75) is 32.2 Å². The predicted octanol–water partition coefficient (Wildman–Crippen LogP) is 1.49. The van der Waals surface area contributed by atoms with Crippen molar-refractivity contribution < 1.29 is 4.52 Å². The van der Waals surface area contributed by atoms with Crippen LogP contribution in [0.1, 0.15) is 25.0 Å². The van der Waals surface area contributed by atoms with Crippen molar-refractivity contribution in [1.82, 2.24) is 15.1 Å². The Morgan fingerprint density at radius 3 is 3.05 bits per heavy atom. The maximum Gasteiger partial charge on any atom is 0.263 e. The maximum atomic E-state index is 5.87. The van der Waals surface area contributed by atoms with Gasteiger partial charge in [-0.2, -0.15) is 4.98 Å². The molecule has 0 spiro atoms. The van der Waals surface area contributed by atoms with Crippen LogP contribution in [0.4, 0.5) is 5.82 Å². The van der Waals surface area contributed by atoms with Crippen molar-refractivity contribution in [3.05, 3.63) is 12.0 Å². The third-order valence-corrected chi connectivity index (χ3v) is 4.18. The molecule has 1 aliphatic carbocycles. The van der Waals surface area contributed by atoms with Crippen LogP contribution < -0.4 is 10.6 Å². The lowest BCUT2D eigenvalue weighted by Crippen LogP contribution is -2.38. The van der Waals surface area contributed by atoms with Gasteiger partial charge in [-0.05, 0) is 32.2 Å². The fraction of sp³-hybridized carbons (Fsp3) is 0.615. The number of hydrogen-bond donors (Lipinski definition) is 1. The first-order chi connectivity index (χ1) is 9.22. The summed E-state index contributed by atoms with van der Waals surface area (Å²) >= 11 is 0. The molecule has 2 heterocycles. The number of fused-ring (bicyclic) bond motifs is 1. The quantitative estimate of drug-likeness (QED) is 0.901. The van der Waals surface area contributed by atoms with Crippen LogP contribution in [-0.2, 0) is 0 Å². The second-order valence-corrected chi connectivity index (χ2v) is 5.25. The molecule has 2 atom stereocenters. The fourth-order valence-corrected chi connectivity index (χ4v) is 3.13. The summed E-state index contributed by atoms with van der Waals surface area (Å²) in [6, 6.07) is 0.442. The highest BCUT2D eigenvalue weighted by atomic mass is 16.5. The molecule has 2 unspecified atom stereocenters. The maximum absolute atomic E-state index is 5.87. The van der Waals surface area contributed by atoms with Crippen molar-refractivity contribution in [3.63, 3.8) is 0 Å². The molecule has 0 bridgehead atoms. The highest BCUT2D eigenvalue weighted by Gasteiger charge is 2.31. The monoisotopic (exact) mass is 261 g/mol. The Bertz CT molecular complexity index is 581. The molecular formula is C13H19N5O. The number of anilines is 1. The van der Waals surface area contributed by atoms with E-state index in [0.717, 1.165) is 29.9 Å². The minimum absolute atomic E-state index is 0.442. The van der Waals surface area contributed by atoms with Gasteiger partial charge in [0.25, 0.3) is 5.71 Å². The van der Waals surface area contributed by atoms with Gasteiger partial charge in [-0.25, -0.2) is 4.98 Å². The van der Waals surface area contributed by atoms with Gasteiger partial charge in [-0.15, -0.1) is 0 Å². The van der Waals surface area contributed by atoms with Gasteiger partial charge in [0.05, 0.1) is 5.69 Å². The summed E-state index contributed by atoms with van der Waals surface area (Å²) in [7, 11) is 2.08. The summed E-state index contributed by atoms with van der Waals surface area (Å²) in [5.41, 5.74) is 7.26. The highest BCUT2D eigenvalue weighted by Crippen LogP contribution is 2.34. The first-order valence-corrected chi connectivity index (χ1v) is 6.72. The summed E-state index contributed by atoms with van der Waals surface area (Å²) in [5.74, 6) is 1.43. The van der Waals surface area contributed by atoms with E-state index in [2.05, 4.69) is 27.1 Å². The molecule has 0 amide bonds. The van der Waals surface area contributed by atoms with Gasteiger partial charge >= 0.3 is 0 Å². The molecule has 2 N–H and O–H groups in total. The van der Waals surface area contributed by atoms with Crippen LogP contribution in [0.3, 0.4) is 0 Å². The predicted molar refractivity (Wildman–Crippen MR) is 72.9 cm³/mol. The molecule has 0 aromatic carbocycles. The second kappa shape index (κ2) is 4.77. The van der Waals surface area contributed by atoms with Crippen LogP contribution >= 0.6 is 0 Å². The van der Waals surface area contributed by atoms with Crippen LogP contribution in [0.15, 0.2) is 10.9 Å². The molecule has 6 nitrogen and oxygen atoms in total. The molecule has 2 aromatic heterocycles. The highest BCUT2D eigenvalue weighted by molar-refractivity contribution is 5.87. The van der Waals surface area contributed by atoms with Gasteiger partial charge in [0.15, 0.2) is 0 Å². The van der Waals surface area contributed by atoms with Gasteiger partial charge < -0.3 is 15.2 Å². The average molecular weight is 261 g/mol. The van der Waals surface area contributed by atoms with E-state index in [1.54, 1.807) is 0 Å². The van der Waals surface area contributed by atoms with E-state index in [4.69, 9.17) is 10.3 Å². The molecule has 3 rings (SSSR count). The third kappa shape index (κ3) is 1.96. The van der Waals surface area contributed by atoms with Crippen LogP contribution in [0.2, 0.25) is 0 Å². The van der Waals surface area contributed by atoms with E-state index < -0.39 is 0 Å². The van der Waals surface area contributed by atoms with Crippen LogP contribution in [0.25, 0.3) is 11.1 Å². The van der Waals surface area contributed by atoms with E-state index in [-0.39, 0.29) is 0 Å². The number of nitrogens with two attached hydrogens (primary N) is 1. The summed E-state index contributed by atoms with van der Waals surface area (Å²) in [5, 5.41) is 4.89. The molecule has 102 valence electrons. The number of hydrogen-bond acceptors (Lipinski definition) is 6. The van der Waals surface area contributed by atoms with Crippen LogP contribution in [0, 0.1) is 12.8 Å². The van der Waals surface area contributed by atoms with E-state index in [1.165, 1.54) is 19.2 Å². The SMILES string of the molecule is Cc1noc2ncnc(N(C)C3CCCC3CN)c12. The Morgan fingerprint density at radius 1 is 1.42 bits per heavy atom. The van der Waals surface area contributed by atoms with Crippen molar-refractivity contribution in [3.8, 4) is 0 Å². The van der Waals surface area contributed by atoms with Crippen molar-refractivity contribution in [1.29, 1.82) is 0 Å². The summed E-state index contributed by atoms with van der Waals surface area (Å²) < 4.78 is 5.20. The van der Waals surface area contributed by atoms with E-state index in [0.29, 0.717) is 17.7 Å². The Hall–Kier alpha value is -1.69. The van der Waals surface area contributed by atoms with Crippen LogP contribution in [-0.4, -0.2) is 34.8 Å². The number of aryl methyl sites for hydroxylation is 1. The van der Waals surface area contributed by atoms with E-state index in [1.807, 2.05) is 6.92 Å². The molecule has 1 fully saturated rings. The van der Waals surface area contributed by atoms with Gasteiger partial charge in [0.2, 0.25) is 0 Å². The van der Waals surface area contributed by atoms with Crippen LogP contribution in [0.5, 0.6) is 0 Å². The molecule has 2 aromatic rings. The molecule has 19 heavy (non-hydrogen) atoms. The Kier molecular flexibility index (Phi) is 3.10. The van der Waals surface area contributed by atoms with Gasteiger partial charge in [-0.3, -0.25) is 0 Å². The second-order valence-electron chi connectivity index (χ2n) is 5.25. The number of aromatic nitrogens is 3. The standard InChI is InChI=1S/C13H19N5O/c1-8-11-12(15-7-16-13(11)19-17-8)18(2)10-5-3-4-9(10)6-14/h7,9-10H,3-6,14H2,1-2H3. The molecule has 1 saturated carbocycles. The van der Waals surface area contributed by atoms with Crippen molar-refractivity contribution in [2.75, 3.05) is 18.5 Å². The molecule has 6 heteroatoms. The molecule has 0 radical (unpaired) electrons. The van der Waals surface area contributed by atoms with Gasteiger partial charge in [-0.1, -0.05) is 11.6 Å². The zero-order valence-corrected chi connectivity index (χ0v) is 11.3. The number of rotatable bonds is 3. The molecule has 1 aliphatic rings. The normalized spacial score (nSPS) is 23.1. The lowest BCUT2D eigenvalue weighted by atomic mass is 10.0. The Labute approximate surface area is 112 Å². The Morgan fingerprint density at radius 2 is 2.26 bits per heavy atom. The fourth-order valence-electron chi connectivity index (χ4n) is 3.13. The Balaban J connectivity index is 2.01. The molecule has 0 aliphatic heterocycles. The lowest BCUT2D eigenvalue weighted by Gasteiger charge is -2.30. The average Bonchev–Trinajstić information content (AvgIpc) is 3.04. The zero-order valence-electron chi connectivity index (χ0n) is 11.3. The molecule has 0 saturated heterocycles. The number of nitrogens with zero attached hydrogens (tertiary/aromatic N) is 4. The zero-order chi connectivity index (χ0) is 13.4. The molecular weight excluding hydrogens is 242 g/mol. The first kappa shape index (κ1) is 12.3. The summed E-state index contributed by atoms with van der Waals surface area (Å²) in [6.07, 6.45) is 5.12. The minimum atomic E-state index is 0.442. The largest absolute Gasteiger partial charge is 0.356 e. The first-order valence-electron chi connectivity index (χ1n) is 6.72. The summed E-state index contributed by atoms with van der Waals surface area (Å²) in [6.45, 7) is 2.65.